The van der Waals surface area contributed by atoms with Crippen LogP contribution in [0.25, 0.3) is 10.6 Å². The van der Waals surface area contributed by atoms with E-state index < -0.39 is 0 Å². The van der Waals surface area contributed by atoms with Gasteiger partial charge in [0.25, 0.3) is 0 Å². The summed E-state index contributed by atoms with van der Waals surface area (Å²) in [5.41, 5.74) is 1.49. The van der Waals surface area contributed by atoms with E-state index in [1.54, 1.807) is 13.2 Å². The molecular weight excluding hydrogens is 315 g/mol. The molecule has 0 radical (unpaired) electrons. The molecule has 0 N–H and O–H groups in total. The van der Waals surface area contributed by atoms with Crippen LogP contribution in [-0.4, -0.2) is 42.1 Å². The molecule has 6 heteroatoms. The van der Waals surface area contributed by atoms with E-state index in [9.17, 15) is 9.18 Å². The number of ether oxygens (including phenoxy) is 1. The van der Waals surface area contributed by atoms with Crippen molar-refractivity contribution in [2.45, 2.75) is 25.4 Å². The van der Waals surface area contributed by atoms with Gasteiger partial charge in [0.1, 0.15) is 10.8 Å². The minimum atomic E-state index is -0.281. The summed E-state index contributed by atoms with van der Waals surface area (Å²) < 4.78 is 18.6. The third kappa shape index (κ3) is 3.95. The first-order valence-corrected chi connectivity index (χ1v) is 8.54. The number of carbonyl (C=O) groups is 1. The topological polar surface area (TPSA) is 42.4 Å². The molecule has 0 aliphatic carbocycles. The highest BCUT2D eigenvalue weighted by molar-refractivity contribution is 7.13. The zero-order valence-corrected chi connectivity index (χ0v) is 13.8. The van der Waals surface area contributed by atoms with E-state index in [1.165, 1.54) is 23.5 Å². The first-order valence-electron chi connectivity index (χ1n) is 7.66. The van der Waals surface area contributed by atoms with Crippen molar-refractivity contribution in [2.75, 3.05) is 20.2 Å². The highest BCUT2D eigenvalue weighted by Gasteiger charge is 2.23. The van der Waals surface area contributed by atoms with Gasteiger partial charge in [0.05, 0.1) is 18.2 Å². The van der Waals surface area contributed by atoms with Crippen LogP contribution in [0.1, 0.15) is 18.5 Å². The lowest BCUT2D eigenvalue weighted by Crippen LogP contribution is -2.41. The molecule has 4 nitrogen and oxygen atoms in total. The van der Waals surface area contributed by atoms with Crippen LogP contribution in [0.15, 0.2) is 29.6 Å². The molecule has 2 heterocycles. The monoisotopic (exact) mass is 334 g/mol. The average molecular weight is 334 g/mol. The van der Waals surface area contributed by atoms with Crippen molar-refractivity contribution in [2.24, 2.45) is 0 Å². The van der Waals surface area contributed by atoms with Crippen LogP contribution >= 0.6 is 11.3 Å². The number of amides is 1. The number of aromatic nitrogens is 1. The summed E-state index contributed by atoms with van der Waals surface area (Å²) in [5.74, 6) is -0.188. The van der Waals surface area contributed by atoms with E-state index in [2.05, 4.69) is 4.98 Å². The standard InChI is InChI=1S/C17H19FN2O2S/c1-22-15-5-7-20(8-6-15)16(21)10-14-11-23-17(19-14)12-3-2-4-13(18)9-12/h2-4,9,11,15H,5-8,10H2,1H3. The van der Waals surface area contributed by atoms with E-state index in [0.717, 1.165) is 42.2 Å². The Balaban J connectivity index is 1.62. The van der Waals surface area contributed by atoms with Gasteiger partial charge in [-0.1, -0.05) is 12.1 Å². The van der Waals surface area contributed by atoms with Gasteiger partial charge < -0.3 is 9.64 Å². The number of methoxy groups -OCH3 is 1. The fourth-order valence-corrected chi connectivity index (χ4v) is 3.57. The van der Waals surface area contributed by atoms with E-state index in [0.29, 0.717) is 6.42 Å². The molecule has 0 saturated carbocycles. The summed E-state index contributed by atoms with van der Waals surface area (Å²) >= 11 is 1.44. The van der Waals surface area contributed by atoms with Gasteiger partial charge in [-0.15, -0.1) is 11.3 Å². The van der Waals surface area contributed by atoms with Crippen molar-refractivity contribution < 1.29 is 13.9 Å². The number of likely N-dealkylation sites (tertiary alicyclic amines) is 1. The summed E-state index contributed by atoms with van der Waals surface area (Å²) in [6.07, 6.45) is 2.32. The molecular formula is C17H19FN2O2S. The van der Waals surface area contributed by atoms with Crippen molar-refractivity contribution in [3.05, 3.63) is 41.2 Å². The minimum Gasteiger partial charge on any atom is -0.381 e. The number of hydrogen-bond acceptors (Lipinski definition) is 4. The van der Waals surface area contributed by atoms with Crippen LogP contribution in [0, 0.1) is 5.82 Å². The Kier molecular flexibility index (Phi) is 5.03. The molecule has 3 rings (SSSR count). The number of piperidine rings is 1. The van der Waals surface area contributed by atoms with Gasteiger partial charge in [0.2, 0.25) is 5.91 Å². The Bertz CT molecular complexity index is 681. The first kappa shape index (κ1) is 16.1. The van der Waals surface area contributed by atoms with Crippen LogP contribution in [0.2, 0.25) is 0 Å². The Hall–Kier alpha value is -1.79. The Morgan fingerprint density at radius 2 is 2.22 bits per heavy atom. The maximum absolute atomic E-state index is 13.3. The van der Waals surface area contributed by atoms with Crippen molar-refractivity contribution >= 4 is 17.2 Å². The maximum Gasteiger partial charge on any atom is 0.228 e. The molecule has 1 saturated heterocycles. The van der Waals surface area contributed by atoms with E-state index in [4.69, 9.17) is 4.74 Å². The Morgan fingerprint density at radius 3 is 2.91 bits per heavy atom. The van der Waals surface area contributed by atoms with Crippen molar-refractivity contribution in [1.29, 1.82) is 0 Å². The lowest BCUT2D eigenvalue weighted by Gasteiger charge is -2.31. The fraction of sp³-hybridized carbons (Fsp3) is 0.412. The number of thiazole rings is 1. The lowest BCUT2D eigenvalue weighted by molar-refractivity contribution is -0.132. The second-order valence-corrected chi connectivity index (χ2v) is 6.51. The predicted octanol–water partition coefficient (Wildman–Crippen LogP) is 3.13. The van der Waals surface area contributed by atoms with Gasteiger partial charge in [-0.2, -0.15) is 0 Å². The van der Waals surface area contributed by atoms with Crippen LogP contribution in [-0.2, 0) is 16.0 Å². The van der Waals surface area contributed by atoms with Crippen molar-refractivity contribution in [3.63, 3.8) is 0 Å². The number of nitrogens with zero attached hydrogens (tertiary/aromatic N) is 2. The average Bonchev–Trinajstić information content (AvgIpc) is 3.03. The number of hydrogen-bond donors (Lipinski definition) is 0. The summed E-state index contributed by atoms with van der Waals surface area (Å²) in [4.78, 5) is 18.7. The molecule has 0 atom stereocenters. The summed E-state index contributed by atoms with van der Waals surface area (Å²) in [5, 5.41) is 2.62. The van der Waals surface area contributed by atoms with Crippen molar-refractivity contribution in [3.8, 4) is 10.6 Å². The Labute approximate surface area is 138 Å². The second kappa shape index (κ2) is 7.19. The first-order chi connectivity index (χ1) is 11.2. The summed E-state index contributed by atoms with van der Waals surface area (Å²) in [6, 6.07) is 6.35. The van der Waals surface area contributed by atoms with Crippen molar-refractivity contribution in [1.82, 2.24) is 9.88 Å². The predicted molar refractivity (Wildman–Crippen MR) is 87.8 cm³/mol. The number of carbonyl (C=O) groups excluding carboxylic acids is 1. The van der Waals surface area contributed by atoms with Gasteiger partial charge in [0, 0.05) is 31.1 Å². The highest BCUT2D eigenvalue weighted by Crippen LogP contribution is 2.25. The molecule has 0 spiro atoms. The van der Waals surface area contributed by atoms with Gasteiger partial charge >= 0.3 is 0 Å². The molecule has 0 unspecified atom stereocenters. The smallest absolute Gasteiger partial charge is 0.228 e. The van der Waals surface area contributed by atoms with E-state index >= 15 is 0 Å². The zero-order chi connectivity index (χ0) is 16.2. The zero-order valence-electron chi connectivity index (χ0n) is 13.0. The van der Waals surface area contributed by atoms with Gasteiger partial charge in [-0.25, -0.2) is 9.37 Å². The molecule has 0 bridgehead atoms. The third-order valence-corrected chi connectivity index (χ3v) is 5.02. The fourth-order valence-electron chi connectivity index (χ4n) is 2.75. The molecule has 1 aliphatic heterocycles. The SMILES string of the molecule is COC1CCN(C(=O)Cc2csc(-c3cccc(F)c3)n2)CC1. The van der Waals surface area contributed by atoms with Crippen LogP contribution in [0.4, 0.5) is 4.39 Å². The van der Waals surface area contributed by atoms with Gasteiger partial charge in [-0.3, -0.25) is 4.79 Å². The molecule has 2 aromatic rings. The highest BCUT2D eigenvalue weighted by atomic mass is 32.1. The quantitative estimate of drug-likeness (QED) is 0.863. The largest absolute Gasteiger partial charge is 0.381 e. The molecule has 122 valence electrons. The normalized spacial score (nSPS) is 15.8. The van der Waals surface area contributed by atoms with Crippen LogP contribution in [0.5, 0.6) is 0 Å². The summed E-state index contributed by atoms with van der Waals surface area (Å²) in [7, 11) is 1.71. The number of rotatable bonds is 4. The van der Waals surface area contributed by atoms with Crippen LogP contribution < -0.4 is 0 Å². The van der Waals surface area contributed by atoms with E-state index in [1.807, 2.05) is 16.3 Å². The molecule has 23 heavy (non-hydrogen) atoms. The maximum atomic E-state index is 13.3. The minimum absolute atomic E-state index is 0.0932. The van der Waals surface area contributed by atoms with Gasteiger partial charge in [0.15, 0.2) is 0 Å². The van der Waals surface area contributed by atoms with Gasteiger partial charge in [-0.05, 0) is 25.0 Å². The van der Waals surface area contributed by atoms with E-state index in [-0.39, 0.29) is 17.8 Å². The Morgan fingerprint density at radius 1 is 1.43 bits per heavy atom. The lowest BCUT2D eigenvalue weighted by atomic mass is 10.1. The molecule has 1 aliphatic rings. The molecule has 1 aromatic heterocycles. The molecule has 1 fully saturated rings. The third-order valence-electron chi connectivity index (χ3n) is 4.08. The van der Waals surface area contributed by atoms with Crippen LogP contribution in [0.3, 0.4) is 0 Å². The molecule has 1 aromatic carbocycles. The summed E-state index contributed by atoms with van der Waals surface area (Å²) in [6.45, 7) is 1.47. The number of benzene rings is 1. The second-order valence-electron chi connectivity index (χ2n) is 5.65. The number of halogens is 1. The molecule has 1 amide bonds.